The maximum absolute atomic E-state index is 4.47. The van der Waals surface area contributed by atoms with Crippen molar-refractivity contribution in [3.05, 3.63) is 21.7 Å². The van der Waals surface area contributed by atoms with Crippen molar-refractivity contribution in [2.45, 2.75) is 45.6 Å². The van der Waals surface area contributed by atoms with Gasteiger partial charge in [0, 0.05) is 17.1 Å². The molecule has 0 aliphatic carbocycles. The second-order valence-electron chi connectivity index (χ2n) is 4.67. The number of nitrogens with zero attached hydrogens (tertiary/aromatic N) is 1. The summed E-state index contributed by atoms with van der Waals surface area (Å²) in [7, 11) is 0. The van der Waals surface area contributed by atoms with Crippen molar-refractivity contribution in [3.8, 4) is 0 Å². The normalized spacial score (nSPS) is 22.4. The zero-order chi connectivity index (χ0) is 11.4. The first kappa shape index (κ1) is 11.8. The molecule has 1 N–H and O–H groups in total. The van der Waals surface area contributed by atoms with Gasteiger partial charge in [-0.1, -0.05) is 12.0 Å². The Morgan fingerprint density at radius 3 is 3.12 bits per heavy atom. The van der Waals surface area contributed by atoms with Gasteiger partial charge in [-0.2, -0.15) is 0 Å². The predicted molar refractivity (Wildman–Crippen MR) is 70.8 cm³/mol. The number of rotatable bonds is 3. The van der Waals surface area contributed by atoms with Crippen molar-refractivity contribution in [1.29, 1.82) is 0 Å². The second kappa shape index (κ2) is 5.60. The first-order valence-electron chi connectivity index (χ1n) is 6.07. The standard InChI is InChI=1S/C13H20N2S/c1-10(7-12-5-3-4-6-14-12)8-13-15-11(2)9-16-13/h8-9,12,14H,3-7H2,1-2H3. The summed E-state index contributed by atoms with van der Waals surface area (Å²) in [4.78, 5) is 4.47. The number of hydrogen-bond donors (Lipinski definition) is 1. The molecular formula is C13H20N2S. The van der Waals surface area contributed by atoms with Crippen molar-refractivity contribution in [3.63, 3.8) is 0 Å². The van der Waals surface area contributed by atoms with E-state index in [0.717, 1.165) is 10.7 Å². The lowest BCUT2D eigenvalue weighted by Gasteiger charge is -2.23. The molecule has 0 radical (unpaired) electrons. The Labute approximate surface area is 102 Å². The predicted octanol–water partition coefficient (Wildman–Crippen LogP) is 3.39. The number of aryl methyl sites for hydroxylation is 1. The lowest BCUT2D eigenvalue weighted by molar-refractivity contribution is 0.399. The van der Waals surface area contributed by atoms with Crippen molar-refractivity contribution in [1.82, 2.24) is 10.3 Å². The zero-order valence-electron chi connectivity index (χ0n) is 10.1. The zero-order valence-corrected chi connectivity index (χ0v) is 10.9. The van der Waals surface area contributed by atoms with Crippen LogP contribution < -0.4 is 5.32 Å². The van der Waals surface area contributed by atoms with E-state index in [1.165, 1.54) is 37.8 Å². The van der Waals surface area contributed by atoms with Gasteiger partial charge in [-0.25, -0.2) is 4.98 Å². The van der Waals surface area contributed by atoms with Gasteiger partial charge in [0.1, 0.15) is 5.01 Å². The fraction of sp³-hybridized carbons (Fsp3) is 0.615. The largest absolute Gasteiger partial charge is 0.314 e. The second-order valence-corrected chi connectivity index (χ2v) is 5.56. The van der Waals surface area contributed by atoms with E-state index in [1.807, 2.05) is 6.92 Å². The van der Waals surface area contributed by atoms with Gasteiger partial charge in [0.05, 0.1) is 0 Å². The first-order valence-corrected chi connectivity index (χ1v) is 6.94. The molecule has 1 unspecified atom stereocenters. The van der Waals surface area contributed by atoms with Crippen molar-refractivity contribution >= 4 is 17.4 Å². The molecule has 1 aromatic rings. The number of aromatic nitrogens is 1. The van der Waals surface area contributed by atoms with Gasteiger partial charge in [0.15, 0.2) is 0 Å². The Bertz CT molecular complexity index is 362. The van der Waals surface area contributed by atoms with Gasteiger partial charge < -0.3 is 5.32 Å². The molecule has 3 heteroatoms. The summed E-state index contributed by atoms with van der Waals surface area (Å²) in [6.07, 6.45) is 7.43. The molecule has 16 heavy (non-hydrogen) atoms. The van der Waals surface area contributed by atoms with Crippen molar-refractivity contribution < 1.29 is 0 Å². The SMILES string of the molecule is CC(=Cc1nc(C)cs1)CC1CCCCN1. The summed E-state index contributed by atoms with van der Waals surface area (Å²) < 4.78 is 0. The van der Waals surface area contributed by atoms with E-state index >= 15 is 0 Å². The average Bonchev–Trinajstić information content (AvgIpc) is 2.65. The summed E-state index contributed by atoms with van der Waals surface area (Å²) in [5.74, 6) is 0. The van der Waals surface area contributed by atoms with Gasteiger partial charge in [0.2, 0.25) is 0 Å². The van der Waals surface area contributed by atoms with E-state index in [9.17, 15) is 0 Å². The maximum Gasteiger partial charge on any atom is 0.116 e. The van der Waals surface area contributed by atoms with E-state index in [1.54, 1.807) is 11.3 Å². The molecule has 0 amide bonds. The fourth-order valence-electron chi connectivity index (χ4n) is 2.20. The van der Waals surface area contributed by atoms with Crippen LogP contribution in [0.15, 0.2) is 11.0 Å². The molecule has 1 aromatic heterocycles. The van der Waals surface area contributed by atoms with Crippen LogP contribution in [-0.2, 0) is 0 Å². The topological polar surface area (TPSA) is 24.9 Å². The van der Waals surface area contributed by atoms with Gasteiger partial charge in [-0.05, 0) is 45.7 Å². The van der Waals surface area contributed by atoms with Crippen molar-refractivity contribution in [2.75, 3.05) is 6.54 Å². The fourth-order valence-corrected chi connectivity index (χ4v) is 3.00. The Kier molecular flexibility index (Phi) is 4.13. The van der Waals surface area contributed by atoms with E-state index in [0.29, 0.717) is 6.04 Å². The summed E-state index contributed by atoms with van der Waals surface area (Å²) in [5, 5.41) is 6.84. The van der Waals surface area contributed by atoms with Gasteiger partial charge >= 0.3 is 0 Å². The molecule has 2 rings (SSSR count). The van der Waals surface area contributed by atoms with Crippen LogP contribution in [0.25, 0.3) is 6.08 Å². The molecule has 1 fully saturated rings. The summed E-state index contributed by atoms with van der Waals surface area (Å²) in [6, 6.07) is 0.686. The average molecular weight is 236 g/mol. The first-order chi connectivity index (χ1) is 7.74. The van der Waals surface area contributed by atoms with E-state index in [2.05, 4.69) is 28.7 Å². The Hall–Kier alpha value is -0.670. The van der Waals surface area contributed by atoms with Crippen LogP contribution in [0, 0.1) is 6.92 Å². The van der Waals surface area contributed by atoms with E-state index in [4.69, 9.17) is 0 Å². The third-order valence-corrected chi connectivity index (χ3v) is 3.90. The lowest BCUT2D eigenvalue weighted by Crippen LogP contribution is -2.33. The molecule has 2 nitrogen and oxygen atoms in total. The molecule has 0 bridgehead atoms. The minimum Gasteiger partial charge on any atom is -0.314 e. The highest BCUT2D eigenvalue weighted by molar-refractivity contribution is 7.10. The van der Waals surface area contributed by atoms with Crippen LogP contribution in [0.3, 0.4) is 0 Å². The molecule has 1 aliphatic rings. The molecular weight excluding hydrogens is 216 g/mol. The quantitative estimate of drug-likeness (QED) is 0.870. The minimum atomic E-state index is 0.686. The molecule has 0 saturated carbocycles. The molecule has 88 valence electrons. The van der Waals surface area contributed by atoms with Crippen LogP contribution in [0.4, 0.5) is 0 Å². The van der Waals surface area contributed by atoms with E-state index in [-0.39, 0.29) is 0 Å². The smallest absolute Gasteiger partial charge is 0.116 e. The maximum atomic E-state index is 4.47. The molecule has 1 saturated heterocycles. The van der Waals surface area contributed by atoms with E-state index < -0.39 is 0 Å². The van der Waals surface area contributed by atoms with Crippen LogP contribution in [-0.4, -0.2) is 17.6 Å². The highest BCUT2D eigenvalue weighted by Crippen LogP contribution is 2.18. The Balaban J connectivity index is 1.91. The van der Waals surface area contributed by atoms with Gasteiger partial charge in [0.25, 0.3) is 0 Å². The Morgan fingerprint density at radius 2 is 2.50 bits per heavy atom. The summed E-state index contributed by atoms with van der Waals surface area (Å²) >= 11 is 1.73. The third kappa shape index (κ3) is 3.42. The molecule has 1 atom stereocenters. The monoisotopic (exact) mass is 236 g/mol. The summed E-state index contributed by atoms with van der Waals surface area (Å²) in [5.41, 5.74) is 2.56. The molecule has 1 aliphatic heterocycles. The lowest BCUT2D eigenvalue weighted by atomic mass is 9.98. The van der Waals surface area contributed by atoms with Gasteiger partial charge in [-0.3, -0.25) is 0 Å². The van der Waals surface area contributed by atoms with Crippen LogP contribution in [0.1, 0.15) is 43.3 Å². The highest BCUT2D eigenvalue weighted by Gasteiger charge is 2.12. The third-order valence-electron chi connectivity index (χ3n) is 2.99. The molecule has 2 heterocycles. The molecule has 0 spiro atoms. The number of nitrogens with one attached hydrogen (secondary N) is 1. The number of piperidine rings is 1. The van der Waals surface area contributed by atoms with Crippen molar-refractivity contribution in [2.24, 2.45) is 0 Å². The number of hydrogen-bond acceptors (Lipinski definition) is 3. The molecule has 0 aromatic carbocycles. The van der Waals surface area contributed by atoms with Gasteiger partial charge in [-0.15, -0.1) is 11.3 Å². The van der Waals surface area contributed by atoms with Crippen LogP contribution in [0.5, 0.6) is 0 Å². The Morgan fingerprint density at radius 1 is 1.62 bits per heavy atom. The van der Waals surface area contributed by atoms with Crippen LogP contribution in [0.2, 0.25) is 0 Å². The highest BCUT2D eigenvalue weighted by atomic mass is 32.1. The summed E-state index contributed by atoms with van der Waals surface area (Å²) in [6.45, 7) is 5.45. The minimum absolute atomic E-state index is 0.686. The van der Waals surface area contributed by atoms with Crippen LogP contribution >= 0.6 is 11.3 Å². The number of thiazole rings is 1.